The van der Waals surface area contributed by atoms with Crippen molar-refractivity contribution in [3.8, 4) is 11.1 Å². The number of carbonyl (C=O) groups is 1. The van der Waals surface area contributed by atoms with Crippen molar-refractivity contribution in [2.75, 3.05) is 18.4 Å². The molecule has 3 aliphatic rings. The molecule has 40 heavy (non-hydrogen) atoms. The topological polar surface area (TPSA) is 144 Å². The van der Waals surface area contributed by atoms with Crippen LogP contribution in [0, 0.1) is 26.8 Å². The lowest BCUT2D eigenvalue weighted by Gasteiger charge is -2.53. The van der Waals surface area contributed by atoms with Gasteiger partial charge in [0.25, 0.3) is 21.6 Å². The van der Waals surface area contributed by atoms with Crippen LogP contribution in [0.25, 0.3) is 11.1 Å². The van der Waals surface area contributed by atoms with Crippen LogP contribution < -0.4 is 15.8 Å². The van der Waals surface area contributed by atoms with Crippen LogP contribution in [-0.4, -0.2) is 32.3 Å². The second-order valence-electron chi connectivity index (χ2n) is 11.0. The van der Waals surface area contributed by atoms with Crippen LogP contribution in [0.4, 0.5) is 15.8 Å². The monoisotopic (exact) mass is 566 g/mol. The molecule has 3 fully saturated rings. The molecule has 3 saturated carbocycles. The van der Waals surface area contributed by atoms with Gasteiger partial charge in [-0.25, -0.2) is 17.5 Å². The van der Waals surface area contributed by atoms with E-state index in [-0.39, 0.29) is 38.5 Å². The Kier molecular flexibility index (Phi) is 7.36. The lowest BCUT2D eigenvalue weighted by atomic mass is 9.54. The molecule has 1 amide bonds. The maximum atomic E-state index is 13.2. The number of fused-ring (bicyclic) bond motifs is 3. The van der Waals surface area contributed by atoms with Crippen LogP contribution in [0.5, 0.6) is 0 Å². The molecular formula is C29H31FN4O5S. The summed E-state index contributed by atoms with van der Waals surface area (Å²) in [5.74, 6) is -1.25. The zero-order chi connectivity index (χ0) is 28.5. The molecule has 0 aromatic heterocycles. The van der Waals surface area contributed by atoms with Gasteiger partial charge in [0, 0.05) is 18.2 Å². The third-order valence-electron chi connectivity index (χ3n) is 8.67. The molecule has 0 aliphatic heterocycles. The summed E-state index contributed by atoms with van der Waals surface area (Å²) in [7, 11) is -4.39. The van der Waals surface area contributed by atoms with Crippen molar-refractivity contribution in [1.82, 2.24) is 4.72 Å². The zero-order valence-corrected chi connectivity index (χ0v) is 22.7. The molecule has 4 N–H and O–H groups in total. The van der Waals surface area contributed by atoms with E-state index in [0.29, 0.717) is 13.1 Å². The molecule has 0 radical (unpaired) electrons. The Bertz CT molecular complexity index is 1520. The van der Waals surface area contributed by atoms with Gasteiger partial charge < -0.3 is 11.1 Å². The predicted molar refractivity (Wildman–Crippen MR) is 150 cm³/mol. The molecule has 9 nitrogen and oxygen atoms in total. The van der Waals surface area contributed by atoms with Crippen molar-refractivity contribution in [1.29, 1.82) is 0 Å². The van der Waals surface area contributed by atoms with Crippen LogP contribution in [0.3, 0.4) is 0 Å². The minimum atomic E-state index is -4.39. The lowest BCUT2D eigenvalue weighted by molar-refractivity contribution is -0.384. The second kappa shape index (κ2) is 10.6. The van der Waals surface area contributed by atoms with Gasteiger partial charge in [-0.05, 0) is 103 Å². The Hall–Kier alpha value is -3.83. The number of halogens is 1. The normalized spacial score (nSPS) is 22.1. The number of sulfonamides is 1. The molecule has 0 heterocycles. The number of nitro benzene ring substituents is 1. The highest BCUT2D eigenvalue weighted by Crippen LogP contribution is 2.56. The van der Waals surface area contributed by atoms with Crippen LogP contribution in [0.15, 0.2) is 71.6 Å². The highest BCUT2D eigenvalue weighted by atomic mass is 32.2. The quantitative estimate of drug-likeness (QED) is 0.238. The van der Waals surface area contributed by atoms with Gasteiger partial charge >= 0.3 is 0 Å². The summed E-state index contributed by atoms with van der Waals surface area (Å²) < 4.78 is 41.1. The van der Waals surface area contributed by atoms with Crippen LogP contribution in [-0.2, 0) is 10.0 Å². The number of nitrogens with zero attached hydrogens (tertiary/aromatic N) is 1. The molecule has 0 spiro atoms. The van der Waals surface area contributed by atoms with Gasteiger partial charge in [-0.2, -0.15) is 0 Å². The number of carbonyl (C=O) groups excluding carboxylic acids is 1. The summed E-state index contributed by atoms with van der Waals surface area (Å²) in [6, 6.07) is 15.6. The lowest BCUT2D eigenvalue weighted by Crippen LogP contribution is -2.47. The number of amides is 1. The number of nitrogens with two attached hydrogens (primary N) is 1. The smallest absolute Gasteiger partial charge is 0.293 e. The second-order valence-corrected chi connectivity index (χ2v) is 12.7. The fourth-order valence-electron chi connectivity index (χ4n) is 5.87. The first kappa shape index (κ1) is 27.7. The van der Waals surface area contributed by atoms with E-state index in [1.165, 1.54) is 36.4 Å². The van der Waals surface area contributed by atoms with Gasteiger partial charge in [0.1, 0.15) is 11.5 Å². The van der Waals surface area contributed by atoms with Crippen LogP contribution in [0.1, 0.15) is 48.9 Å². The van der Waals surface area contributed by atoms with E-state index in [9.17, 15) is 27.7 Å². The third kappa shape index (κ3) is 5.57. The minimum absolute atomic E-state index is 0.0513. The van der Waals surface area contributed by atoms with Gasteiger partial charge in [0.2, 0.25) is 0 Å². The van der Waals surface area contributed by atoms with Gasteiger partial charge in [0.15, 0.2) is 0 Å². The van der Waals surface area contributed by atoms with Crippen molar-refractivity contribution in [2.45, 2.75) is 43.4 Å². The number of hydrogen-bond acceptors (Lipinski definition) is 7. The SMILES string of the molecule is NCC12CCC(CNc3ccc(S(=O)(=O)NC(=O)c4ccc(-c5ccc(F)cc5)cc4)cc3[N+](=O)[O-])(CC1)CC2. The van der Waals surface area contributed by atoms with Gasteiger partial charge in [-0.15, -0.1) is 0 Å². The molecule has 3 aliphatic carbocycles. The highest BCUT2D eigenvalue weighted by molar-refractivity contribution is 7.90. The summed E-state index contributed by atoms with van der Waals surface area (Å²) in [5, 5.41) is 15.1. The Morgan fingerprint density at radius 3 is 2.00 bits per heavy atom. The average molecular weight is 567 g/mol. The number of nitrogens with one attached hydrogen (secondary N) is 2. The fourth-order valence-corrected chi connectivity index (χ4v) is 6.86. The molecule has 210 valence electrons. The Labute approximate surface area is 232 Å². The molecule has 3 aromatic rings. The Morgan fingerprint density at radius 2 is 1.45 bits per heavy atom. The number of hydrogen-bond donors (Lipinski definition) is 3. The number of benzene rings is 3. The molecule has 3 aromatic carbocycles. The van der Waals surface area contributed by atoms with Gasteiger partial charge in [0.05, 0.1) is 9.82 Å². The summed E-state index contributed by atoms with van der Waals surface area (Å²) >= 11 is 0. The Morgan fingerprint density at radius 1 is 0.900 bits per heavy atom. The molecule has 0 atom stereocenters. The third-order valence-corrected chi connectivity index (χ3v) is 10.0. The van der Waals surface area contributed by atoms with Gasteiger partial charge in [-0.3, -0.25) is 14.9 Å². The van der Waals surface area contributed by atoms with E-state index in [1.54, 1.807) is 24.3 Å². The predicted octanol–water partition coefficient (Wildman–Crippen LogP) is 5.23. The van der Waals surface area contributed by atoms with E-state index in [0.717, 1.165) is 55.7 Å². The largest absolute Gasteiger partial charge is 0.379 e. The number of rotatable bonds is 9. The molecule has 11 heteroatoms. The zero-order valence-electron chi connectivity index (χ0n) is 21.9. The molecule has 0 saturated heterocycles. The van der Waals surface area contributed by atoms with E-state index in [2.05, 4.69) is 5.32 Å². The molecule has 6 rings (SSSR count). The van der Waals surface area contributed by atoms with E-state index >= 15 is 0 Å². The average Bonchev–Trinajstić information content (AvgIpc) is 2.97. The maximum Gasteiger partial charge on any atom is 0.293 e. The van der Waals surface area contributed by atoms with E-state index in [4.69, 9.17) is 5.73 Å². The van der Waals surface area contributed by atoms with Gasteiger partial charge in [-0.1, -0.05) is 24.3 Å². The fraction of sp³-hybridized carbons (Fsp3) is 0.345. The maximum absolute atomic E-state index is 13.2. The van der Waals surface area contributed by atoms with E-state index in [1.807, 2.05) is 4.72 Å². The first-order valence-electron chi connectivity index (χ1n) is 13.2. The van der Waals surface area contributed by atoms with Crippen molar-refractivity contribution in [3.05, 3.63) is 88.2 Å². The summed E-state index contributed by atoms with van der Waals surface area (Å²) in [4.78, 5) is 23.5. The first-order chi connectivity index (χ1) is 19.0. The molecule has 2 bridgehead atoms. The Balaban J connectivity index is 1.28. The number of anilines is 1. The summed E-state index contributed by atoms with van der Waals surface area (Å²) in [6.07, 6.45) is 6.19. The summed E-state index contributed by atoms with van der Waals surface area (Å²) in [5.41, 5.74) is 7.69. The van der Waals surface area contributed by atoms with Crippen molar-refractivity contribution in [3.63, 3.8) is 0 Å². The van der Waals surface area contributed by atoms with Crippen molar-refractivity contribution in [2.24, 2.45) is 16.6 Å². The molecule has 0 unspecified atom stereocenters. The summed E-state index contributed by atoms with van der Waals surface area (Å²) in [6.45, 7) is 1.25. The minimum Gasteiger partial charge on any atom is -0.379 e. The first-order valence-corrected chi connectivity index (χ1v) is 14.7. The van der Waals surface area contributed by atoms with Crippen molar-refractivity contribution >= 4 is 27.3 Å². The van der Waals surface area contributed by atoms with Crippen LogP contribution in [0.2, 0.25) is 0 Å². The highest BCUT2D eigenvalue weighted by Gasteiger charge is 2.47. The number of nitro groups is 1. The standard InChI is InChI=1S/C29H31FN4O5S/c30-23-7-5-21(6-8-23)20-1-3-22(4-2-20)27(35)33-40(38,39)24-9-10-25(26(17-24)34(36)37)32-19-29-14-11-28(18-31,12-15-29)13-16-29/h1-10,17,32H,11-16,18-19,31H2,(H,33,35). The van der Waals surface area contributed by atoms with Crippen molar-refractivity contribution < 1.29 is 22.5 Å². The van der Waals surface area contributed by atoms with E-state index < -0.39 is 20.9 Å². The molecular weight excluding hydrogens is 535 g/mol. The van der Waals surface area contributed by atoms with Crippen LogP contribution >= 0.6 is 0 Å².